The van der Waals surface area contributed by atoms with Crippen molar-refractivity contribution in [2.45, 2.75) is 26.9 Å². The van der Waals surface area contributed by atoms with Crippen LogP contribution in [0.5, 0.6) is 0 Å². The molecule has 0 bridgehead atoms. The summed E-state index contributed by atoms with van der Waals surface area (Å²) in [6, 6.07) is 0. The number of hydrogen-bond donors (Lipinski definition) is 1. The number of thiazole rings is 1. The molecule has 1 N–H and O–H groups in total. The molecule has 0 atom stereocenters. The van der Waals surface area contributed by atoms with Crippen molar-refractivity contribution in [2.75, 3.05) is 0 Å². The molecule has 0 aromatic carbocycles. The quantitative estimate of drug-likeness (QED) is 0.851. The van der Waals surface area contributed by atoms with Crippen molar-refractivity contribution in [3.63, 3.8) is 0 Å². The van der Waals surface area contributed by atoms with E-state index in [1.54, 1.807) is 18.3 Å². The molecule has 2 aromatic heterocycles. The summed E-state index contributed by atoms with van der Waals surface area (Å²) in [5.41, 5.74) is 2.93. The largest absolute Gasteiger partial charge is 0.340 e. The molecular weight excluding hydrogens is 212 g/mol. The Balaban J connectivity index is 1.83. The first-order valence-corrected chi connectivity index (χ1v) is 5.52. The van der Waals surface area contributed by atoms with Crippen LogP contribution in [0, 0.1) is 13.8 Å². The number of nitrogens with zero attached hydrogens (tertiary/aromatic N) is 3. The van der Waals surface area contributed by atoms with Crippen LogP contribution in [0.4, 0.5) is 0 Å². The summed E-state index contributed by atoms with van der Waals surface area (Å²) in [5.74, 6) is 1.29. The molecule has 6 heteroatoms. The zero-order chi connectivity index (χ0) is 10.7. The molecule has 0 radical (unpaired) electrons. The summed E-state index contributed by atoms with van der Waals surface area (Å²) in [6.07, 6.45) is 0. The average Bonchev–Trinajstić information content (AvgIpc) is 2.77. The van der Waals surface area contributed by atoms with Crippen molar-refractivity contribution < 1.29 is 4.52 Å². The second kappa shape index (κ2) is 4.50. The van der Waals surface area contributed by atoms with Crippen LogP contribution in [-0.4, -0.2) is 15.1 Å². The summed E-state index contributed by atoms with van der Waals surface area (Å²) < 4.78 is 4.87. The zero-order valence-electron chi connectivity index (χ0n) is 8.65. The molecule has 0 spiro atoms. The number of aryl methyl sites for hydroxylation is 2. The van der Waals surface area contributed by atoms with E-state index >= 15 is 0 Å². The smallest absolute Gasteiger partial charge is 0.223 e. The molecule has 0 aliphatic rings. The topological polar surface area (TPSA) is 63.8 Å². The third-order valence-electron chi connectivity index (χ3n) is 1.98. The van der Waals surface area contributed by atoms with Crippen LogP contribution in [0.1, 0.15) is 22.3 Å². The van der Waals surface area contributed by atoms with Crippen molar-refractivity contribution in [3.05, 3.63) is 27.8 Å². The Labute approximate surface area is 91.5 Å². The van der Waals surface area contributed by atoms with E-state index in [-0.39, 0.29) is 0 Å². The molecule has 0 aliphatic carbocycles. The molecule has 15 heavy (non-hydrogen) atoms. The summed E-state index contributed by atoms with van der Waals surface area (Å²) in [5, 5.41) is 7.04. The van der Waals surface area contributed by atoms with E-state index in [2.05, 4.69) is 20.4 Å². The highest BCUT2D eigenvalue weighted by Crippen LogP contribution is 2.11. The Morgan fingerprint density at radius 2 is 2.27 bits per heavy atom. The van der Waals surface area contributed by atoms with Crippen LogP contribution in [0.3, 0.4) is 0 Å². The van der Waals surface area contributed by atoms with Crippen molar-refractivity contribution in [3.8, 4) is 0 Å². The predicted molar refractivity (Wildman–Crippen MR) is 56.4 cm³/mol. The van der Waals surface area contributed by atoms with Gasteiger partial charge in [-0.25, -0.2) is 4.98 Å². The third-order valence-corrected chi connectivity index (χ3v) is 2.92. The van der Waals surface area contributed by atoms with Gasteiger partial charge in [-0.05, 0) is 6.92 Å². The van der Waals surface area contributed by atoms with E-state index in [0.717, 1.165) is 12.2 Å². The molecule has 0 fully saturated rings. The van der Waals surface area contributed by atoms with Gasteiger partial charge in [0, 0.05) is 18.3 Å². The van der Waals surface area contributed by atoms with Crippen LogP contribution < -0.4 is 5.32 Å². The number of nitrogens with one attached hydrogen (secondary N) is 1. The second-order valence-corrected chi connectivity index (χ2v) is 4.13. The molecule has 0 unspecified atom stereocenters. The highest BCUT2D eigenvalue weighted by Gasteiger charge is 2.03. The number of rotatable bonds is 4. The van der Waals surface area contributed by atoms with E-state index < -0.39 is 0 Å². The lowest BCUT2D eigenvalue weighted by atomic mass is 10.4. The Bertz CT molecular complexity index is 437. The van der Waals surface area contributed by atoms with Crippen LogP contribution in [0.15, 0.2) is 10.0 Å². The van der Waals surface area contributed by atoms with Crippen LogP contribution in [-0.2, 0) is 13.1 Å². The molecule has 0 saturated heterocycles. The van der Waals surface area contributed by atoms with Gasteiger partial charge in [-0.2, -0.15) is 4.98 Å². The molecule has 80 valence electrons. The van der Waals surface area contributed by atoms with Gasteiger partial charge in [0.2, 0.25) is 5.89 Å². The Morgan fingerprint density at radius 1 is 1.40 bits per heavy atom. The van der Waals surface area contributed by atoms with Crippen LogP contribution in [0.2, 0.25) is 0 Å². The maximum atomic E-state index is 4.87. The summed E-state index contributed by atoms with van der Waals surface area (Å²) in [6.45, 7) is 5.20. The van der Waals surface area contributed by atoms with Gasteiger partial charge in [0.25, 0.3) is 0 Å². The van der Waals surface area contributed by atoms with E-state index in [4.69, 9.17) is 4.52 Å². The Kier molecular flexibility index (Phi) is 3.08. The van der Waals surface area contributed by atoms with Crippen molar-refractivity contribution >= 4 is 11.3 Å². The first-order chi connectivity index (χ1) is 7.25. The molecule has 0 amide bonds. The van der Waals surface area contributed by atoms with Crippen LogP contribution in [0.25, 0.3) is 0 Å². The Morgan fingerprint density at radius 3 is 2.87 bits per heavy atom. The van der Waals surface area contributed by atoms with Gasteiger partial charge in [0.05, 0.1) is 17.7 Å². The summed E-state index contributed by atoms with van der Waals surface area (Å²) >= 11 is 1.65. The lowest BCUT2D eigenvalue weighted by Gasteiger charge is -1.99. The minimum atomic E-state index is 0.598. The predicted octanol–water partition coefficient (Wildman–Crippen LogP) is 1.43. The second-order valence-electron chi connectivity index (χ2n) is 3.19. The highest BCUT2D eigenvalue weighted by atomic mass is 32.1. The van der Waals surface area contributed by atoms with E-state index in [9.17, 15) is 0 Å². The lowest BCUT2D eigenvalue weighted by molar-refractivity contribution is 0.385. The maximum Gasteiger partial charge on any atom is 0.223 e. The molecule has 0 aliphatic heterocycles. The first kappa shape index (κ1) is 10.3. The fourth-order valence-corrected chi connectivity index (χ4v) is 1.94. The average molecular weight is 224 g/mol. The van der Waals surface area contributed by atoms with Gasteiger partial charge in [0.1, 0.15) is 0 Å². The van der Waals surface area contributed by atoms with Gasteiger partial charge < -0.3 is 9.84 Å². The van der Waals surface area contributed by atoms with Gasteiger partial charge in [0.15, 0.2) is 5.82 Å². The van der Waals surface area contributed by atoms with Crippen LogP contribution >= 0.6 is 11.3 Å². The van der Waals surface area contributed by atoms with Gasteiger partial charge >= 0.3 is 0 Å². The van der Waals surface area contributed by atoms with E-state index in [0.29, 0.717) is 18.3 Å². The molecule has 2 aromatic rings. The van der Waals surface area contributed by atoms with Gasteiger partial charge in [-0.15, -0.1) is 11.3 Å². The Hall–Kier alpha value is -1.27. The molecule has 2 heterocycles. The van der Waals surface area contributed by atoms with Crippen molar-refractivity contribution in [1.29, 1.82) is 0 Å². The minimum absolute atomic E-state index is 0.598. The normalized spacial score (nSPS) is 10.8. The highest BCUT2D eigenvalue weighted by molar-refractivity contribution is 7.09. The standard InChI is InChI=1S/C9H12N4OS/c1-6-8(15-5-11-6)3-10-4-9-12-7(2)14-13-9/h5,10H,3-4H2,1-2H3. The van der Waals surface area contributed by atoms with Gasteiger partial charge in [-0.3, -0.25) is 0 Å². The van der Waals surface area contributed by atoms with Crippen molar-refractivity contribution in [1.82, 2.24) is 20.4 Å². The number of hydrogen-bond acceptors (Lipinski definition) is 6. The first-order valence-electron chi connectivity index (χ1n) is 4.64. The fraction of sp³-hybridized carbons (Fsp3) is 0.444. The SMILES string of the molecule is Cc1nc(CNCc2scnc2C)no1. The number of aromatic nitrogens is 3. The summed E-state index contributed by atoms with van der Waals surface area (Å²) in [4.78, 5) is 9.52. The summed E-state index contributed by atoms with van der Waals surface area (Å²) in [7, 11) is 0. The molecule has 0 saturated carbocycles. The van der Waals surface area contributed by atoms with Gasteiger partial charge in [-0.1, -0.05) is 5.16 Å². The lowest BCUT2D eigenvalue weighted by Crippen LogP contribution is -2.13. The van der Waals surface area contributed by atoms with E-state index in [1.165, 1.54) is 4.88 Å². The zero-order valence-corrected chi connectivity index (χ0v) is 9.47. The molecule has 2 rings (SSSR count). The fourth-order valence-electron chi connectivity index (χ4n) is 1.20. The minimum Gasteiger partial charge on any atom is -0.340 e. The molecular formula is C9H12N4OS. The van der Waals surface area contributed by atoms with E-state index in [1.807, 2.05) is 12.4 Å². The maximum absolute atomic E-state index is 4.87. The monoisotopic (exact) mass is 224 g/mol. The third kappa shape index (κ3) is 2.60. The molecule has 5 nitrogen and oxygen atoms in total. The van der Waals surface area contributed by atoms with Crippen molar-refractivity contribution in [2.24, 2.45) is 0 Å².